The number of alkyl halides is 3. The fourth-order valence-electron chi connectivity index (χ4n) is 3.01. The lowest BCUT2D eigenvalue weighted by molar-refractivity contribution is -0.106. The van der Waals surface area contributed by atoms with Crippen LogP contribution in [0.4, 0.5) is 13.2 Å². The summed E-state index contributed by atoms with van der Waals surface area (Å²) >= 11 is 0. The number of hydrogen-bond donors (Lipinski definition) is 0. The molecule has 0 bridgehead atoms. The van der Waals surface area contributed by atoms with Crippen LogP contribution in [0.25, 0.3) is 17.2 Å². The van der Waals surface area contributed by atoms with Gasteiger partial charge < -0.3 is 0 Å². The number of aldehydes is 1. The number of halogens is 3. The highest BCUT2D eigenvalue weighted by atomic mass is 19.4. The Balaban J connectivity index is 2.39. The Hall–Kier alpha value is -2.62. The molecule has 2 aliphatic rings. The molecule has 1 nitrogen and oxygen atoms in total. The van der Waals surface area contributed by atoms with Crippen LogP contribution >= 0.6 is 0 Å². The van der Waals surface area contributed by atoms with E-state index in [0.29, 0.717) is 12.0 Å². The van der Waals surface area contributed by atoms with Gasteiger partial charge in [-0.3, -0.25) is 4.79 Å². The van der Waals surface area contributed by atoms with Gasteiger partial charge in [0.2, 0.25) is 0 Å². The zero-order valence-corrected chi connectivity index (χ0v) is 15.9. The average Bonchev–Trinajstić information content (AvgIpc) is 2.76. The van der Waals surface area contributed by atoms with Gasteiger partial charge in [-0.1, -0.05) is 56.3 Å². The van der Waals surface area contributed by atoms with Gasteiger partial charge in [0.1, 0.15) is 6.29 Å². The van der Waals surface area contributed by atoms with E-state index in [1.54, 1.807) is 12.2 Å². The van der Waals surface area contributed by atoms with Crippen molar-refractivity contribution in [3.8, 4) is 11.1 Å². The van der Waals surface area contributed by atoms with Crippen molar-refractivity contribution in [1.29, 1.82) is 0 Å². The van der Waals surface area contributed by atoms with Crippen LogP contribution in [0.5, 0.6) is 0 Å². The molecule has 0 heterocycles. The SMILES string of the molecule is Cc1cc(/C=C/C=C/C(=C\C=O)C(F)(F)F)c2c(C)ccc(C(C)C)cc1-2. The smallest absolute Gasteiger partial charge is 0.299 e. The third-order valence-corrected chi connectivity index (χ3v) is 4.49. The molecule has 0 spiro atoms. The maximum absolute atomic E-state index is 12.8. The molecule has 0 aliphatic heterocycles. The van der Waals surface area contributed by atoms with Gasteiger partial charge in [0.05, 0.1) is 5.57 Å². The number of carbonyl (C=O) groups excluding carboxylic acids is 1. The molecule has 0 aromatic rings. The van der Waals surface area contributed by atoms with Gasteiger partial charge in [-0.15, -0.1) is 0 Å². The van der Waals surface area contributed by atoms with E-state index in [2.05, 4.69) is 32.0 Å². The van der Waals surface area contributed by atoms with Gasteiger partial charge in [-0.2, -0.15) is 13.2 Å². The van der Waals surface area contributed by atoms with Gasteiger partial charge in [-0.25, -0.2) is 0 Å². The van der Waals surface area contributed by atoms with Crippen molar-refractivity contribution in [2.45, 2.75) is 39.8 Å². The van der Waals surface area contributed by atoms with Crippen molar-refractivity contribution in [2.24, 2.45) is 0 Å². The molecule has 0 saturated heterocycles. The monoisotopic (exact) mass is 372 g/mol. The Labute approximate surface area is 158 Å². The quantitative estimate of drug-likeness (QED) is 0.321. The van der Waals surface area contributed by atoms with Crippen molar-refractivity contribution in [3.63, 3.8) is 0 Å². The van der Waals surface area contributed by atoms with E-state index in [0.717, 1.165) is 33.9 Å². The van der Waals surface area contributed by atoms with Gasteiger partial charge in [0.15, 0.2) is 0 Å². The molecule has 0 saturated carbocycles. The minimum atomic E-state index is -4.55. The molecule has 0 unspecified atom stereocenters. The molecule has 0 fully saturated rings. The third kappa shape index (κ3) is 4.97. The van der Waals surface area contributed by atoms with Crippen molar-refractivity contribution in [1.82, 2.24) is 0 Å². The van der Waals surface area contributed by atoms with Crippen molar-refractivity contribution in [3.05, 3.63) is 76.4 Å². The molecule has 2 aliphatic carbocycles. The summed E-state index contributed by atoms with van der Waals surface area (Å²) < 4.78 is 38.3. The molecule has 0 aromatic carbocycles. The molecule has 0 amide bonds. The molecule has 27 heavy (non-hydrogen) atoms. The molecule has 0 atom stereocenters. The maximum atomic E-state index is 12.8. The first kappa shape index (κ1) is 20.7. The van der Waals surface area contributed by atoms with Crippen LogP contribution in [0.15, 0.2) is 54.1 Å². The lowest BCUT2D eigenvalue weighted by Gasteiger charge is -2.05. The standard InChI is InChI=1S/C23H23F3O/c1-15(2)18-10-9-16(3)22-19(13-17(4)21(22)14-18)7-5-6-8-20(11-12-27)23(24,25)26/h5-15H,1-4H3/b7-5+,8-6+,20-11+. The topological polar surface area (TPSA) is 17.1 Å². The van der Waals surface area contributed by atoms with Crippen LogP contribution in [0, 0.1) is 13.8 Å². The van der Waals surface area contributed by atoms with Crippen molar-refractivity contribution in [2.75, 3.05) is 0 Å². The lowest BCUT2D eigenvalue weighted by atomic mass is 10.0. The molecule has 142 valence electrons. The van der Waals surface area contributed by atoms with Gasteiger partial charge >= 0.3 is 6.18 Å². The maximum Gasteiger partial charge on any atom is 0.416 e. The predicted octanol–water partition coefficient (Wildman–Crippen LogP) is 6.79. The zero-order valence-electron chi connectivity index (χ0n) is 15.9. The second-order valence-electron chi connectivity index (χ2n) is 6.86. The van der Waals surface area contributed by atoms with Gasteiger partial charge in [0, 0.05) is 0 Å². The van der Waals surface area contributed by atoms with E-state index < -0.39 is 11.7 Å². The highest BCUT2D eigenvalue weighted by Crippen LogP contribution is 2.36. The molecule has 0 N–H and O–H groups in total. The predicted molar refractivity (Wildman–Crippen MR) is 105 cm³/mol. The number of fused-ring (bicyclic) bond motifs is 1. The fourth-order valence-corrected chi connectivity index (χ4v) is 3.01. The Morgan fingerprint density at radius 2 is 1.74 bits per heavy atom. The largest absolute Gasteiger partial charge is 0.416 e. The number of allylic oxidation sites excluding steroid dienone is 5. The second-order valence-corrected chi connectivity index (χ2v) is 6.86. The first-order chi connectivity index (χ1) is 12.6. The molecule has 4 heteroatoms. The summed E-state index contributed by atoms with van der Waals surface area (Å²) in [6.45, 7) is 8.36. The zero-order chi connectivity index (χ0) is 20.2. The van der Waals surface area contributed by atoms with Crippen LogP contribution in [-0.2, 0) is 4.79 Å². The Kier molecular flexibility index (Phi) is 6.42. The molecule has 2 rings (SSSR count). The minimum Gasteiger partial charge on any atom is -0.299 e. The highest BCUT2D eigenvalue weighted by molar-refractivity contribution is 5.84. The summed E-state index contributed by atoms with van der Waals surface area (Å²) in [6.07, 6.45) is 1.66. The average molecular weight is 372 g/mol. The Bertz CT molecular complexity index is 883. The Morgan fingerprint density at radius 3 is 2.33 bits per heavy atom. The van der Waals surface area contributed by atoms with Crippen LogP contribution in [0.1, 0.15) is 42.0 Å². The number of aryl methyl sites for hydroxylation is 2. The second kappa shape index (κ2) is 8.38. The first-order valence-corrected chi connectivity index (χ1v) is 8.76. The van der Waals surface area contributed by atoms with Gasteiger partial charge in [-0.05, 0) is 65.3 Å². The summed E-state index contributed by atoms with van der Waals surface area (Å²) in [5.74, 6) is 0.404. The van der Waals surface area contributed by atoms with Gasteiger partial charge in [0.25, 0.3) is 0 Å². The van der Waals surface area contributed by atoms with Crippen LogP contribution in [0.2, 0.25) is 0 Å². The lowest BCUT2D eigenvalue weighted by Crippen LogP contribution is -2.09. The Morgan fingerprint density at radius 1 is 1.04 bits per heavy atom. The number of carbonyl (C=O) groups is 1. The third-order valence-electron chi connectivity index (χ3n) is 4.49. The molecular formula is C23H23F3O. The number of rotatable bonds is 5. The molecule has 0 aromatic heterocycles. The number of hydrogen-bond acceptors (Lipinski definition) is 1. The van der Waals surface area contributed by atoms with E-state index in [1.807, 2.05) is 19.9 Å². The van der Waals surface area contributed by atoms with E-state index in [9.17, 15) is 18.0 Å². The van der Waals surface area contributed by atoms with E-state index in [1.165, 1.54) is 11.6 Å². The highest BCUT2D eigenvalue weighted by Gasteiger charge is 2.31. The summed E-state index contributed by atoms with van der Waals surface area (Å²) in [4.78, 5) is 10.4. The summed E-state index contributed by atoms with van der Waals surface area (Å²) in [5, 5.41) is 0. The molecular weight excluding hydrogens is 349 g/mol. The summed E-state index contributed by atoms with van der Waals surface area (Å²) in [5.41, 5.74) is 5.73. The first-order valence-electron chi connectivity index (χ1n) is 8.76. The van der Waals surface area contributed by atoms with Crippen LogP contribution < -0.4 is 0 Å². The molecule has 0 radical (unpaired) electrons. The van der Waals surface area contributed by atoms with E-state index in [4.69, 9.17) is 0 Å². The van der Waals surface area contributed by atoms with E-state index >= 15 is 0 Å². The normalized spacial score (nSPS) is 13.4. The van der Waals surface area contributed by atoms with Crippen LogP contribution in [-0.4, -0.2) is 12.5 Å². The summed E-state index contributed by atoms with van der Waals surface area (Å²) in [7, 11) is 0. The van der Waals surface area contributed by atoms with Crippen LogP contribution in [0.3, 0.4) is 0 Å². The van der Waals surface area contributed by atoms with Crippen molar-refractivity contribution >= 4 is 12.4 Å². The minimum absolute atomic E-state index is 0.139. The fraction of sp³-hybridized carbons (Fsp3) is 0.261. The summed E-state index contributed by atoms with van der Waals surface area (Å²) in [6, 6.07) is 8.42. The van der Waals surface area contributed by atoms with E-state index in [-0.39, 0.29) is 6.29 Å². The van der Waals surface area contributed by atoms with Crippen molar-refractivity contribution < 1.29 is 18.0 Å².